The third kappa shape index (κ3) is 5.18. The first kappa shape index (κ1) is 16.6. The smallest absolute Gasteiger partial charge is 0.242 e. The van der Waals surface area contributed by atoms with Crippen LogP contribution in [0, 0.1) is 0 Å². The number of aromatic nitrogens is 1. The van der Waals surface area contributed by atoms with Gasteiger partial charge < -0.3 is 9.67 Å². The molecule has 0 aromatic carbocycles. The molecule has 7 heteroatoms. The second kappa shape index (κ2) is 7.94. The number of aryl methyl sites for hydroxylation is 1. The fourth-order valence-electron chi connectivity index (χ4n) is 1.72. The number of thioether (sulfide) groups is 1. The predicted molar refractivity (Wildman–Crippen MR) is 78.8 cm³/mol. The van der Waals surface area contributed by atoms with Crippen molar-refractivity contribution in [1.82, 2.24) is 9.29 Å². The molecular formula is C12H22N2O3S2. The Morgan fingerprint density at radius 3 is 2.68 bits per heavy atom. The van der Waals surface area contributed by atoms with Gasteiger partial charge in [-0.25, -0.2) is 13.1 Å². The van der Waals surface area contributed by atoms with Crippen molar-refractivity contribution >= 4 is 21.8 Å². The van der Waals surface area contributed by atoms with Gasteiger partial charge in [0.25, 0.3) is 0 Å². The SMILES string of the molecule is CSCCCCCNS(=O)(=O)c1cc(CO)n(C)c1. The zero-order valence-electron chi connectivity index (χ0n) is 11.4. The topological polar surface area (TPSA) is 71.3 Å². The molecule has 0 fully saturated rings. The maximum absolute atomic E-state index is 12.0. The van der Waals surface area contributed by atoms with Crippen molar-refractivity contribution in [3.8, 4) is 0 Å². The van der Waals surface area contributed by atoms with Crippen molar-refractivity contribution in [3.63, 3.8) is 0 Å². The van der Waals surface area contributed by atoms with Crippen LogP contribution in [0.5, 0.6) is 0 Å². The van der Waals surface area contributed by atoms with Gasteiger partial charge in [-0.05, 0) is 30.9 Å². The summed E-state index contributed by atoms with van der Waals surface area (Å²) < 4.78 is 28.2. The highest BCUT2D eigenvalue weighted by molar-refractivity contribution is 7.98. The van der Waals surface area contributed by atoms with Gasteiger partial charge in [0.2, 0.25) is 10.0 Å². The van der Waals surface area contributed by atoms with E-state index >= 15 is 0 Å². The molecule has 5 nitrogen and oxygen atoms in total. The predicted octanol–water partition coefficient (Wildman–Crippen LogP) is 1.33. The Morgan fingerprint density at radius 2 is 2.11 bits per heavy atom. The Bertz CT molecular complexity index is 483. The molecule has 110 valence electrons. The summed E-state index contributed by atoms with van der Waals surface area (Å²) in [5, 5.41) is 9.06. The average molecular weight is 306 g/mol. The van der Waals surface area contributed by atoms with Crippen molar-refractivity contribution in [2.45, 2.75) is 30.8 Å². The summed E-state index contributed by atoms with van der Waals surface area (Å²) in [5.74, 6) is 1.12. The van der Waals surface area contributed by atoms with E-state index in [1.807, 2.05) is 0 Å². The van der Waals surface area contributed by atoms with E-state index in [0.717, 1.165) is 25.0 Å². The van der Waals surface area contributed by atoms with Gasteiger partial charge in [-0.1, -0.05) is 6.42 Å². The number of aliphatic hydroxyl groups is 1. The Balaban J connectivity index is 2.47. The van der Waals surface area contributed by atoms with Crippen molar-refractivity contribution < 1.29 is 13.5 Å². The minimum Gasteiger partial charge on any atom is -0.390 e. The van der Waals surface area contributed by atoms with Gasteiger partial charge in [0.15, 0.2) is 0 Å². The molecule has 0 radical (unpaired) electrons. The molecule has 0 atom stereocenters. The molecule has 1 rings (SSSR count). The van der Waals surface area contributed by atoms with E-state index in [1.54, 1.807) is 23.4 Å². The van der Waals surface area contributed by atoms with Crippen LogP contribution in [0.15, 0.2) is 17.2 Å². The van der Waals surface area contributed by atoms with Crippen LogP contribution in [0.4, 0.5) is 0 Å². The van der Waals surface area contributed by atoms with Crippen LogP contribution in [0.25, 0.3) is 0 Å². The summed E-state index contributed by atoms with van der Waals surface area (Å²) >= 11 is 1.80. The van der Waals surface area contributed by atoms with Gasteiger partial charge in [0.05, 0.1) is 11.5 Å². The van der Waals surface area contributed by atoms with Crippen LogP contribution in [0.2, 0.25) is 0 Å². The Kier molecular flexibility index (Phi) is 6.92. The third-order valence-corrected chi connectivity index (χ3v) is 5.00. The van der Waals surface area contributed by atoms with E-state index in [1.165, 1.54) is 12.3 Å². The van der Waals surface area contributed by atoms with Crippen molar-refractivity contribution in [2.24, 2.45) is 7.05 Å². The molecule has 19 heavy (non-hydrogen) atoms. The molecule has 0 saturated heterocycles. The van der Waals surface area contributed by atoms with Crippen LogP contribution < -0.4 is 4.72 Å². The number of nitrogens with one attached hydrogen (secondary N) is 1. The zero-order chi connectivity index (χ0) is 14.3. The summed E-state index contributed by atoms with van der Waals surface area (Å²) in [5.41, 5.74) is 0.584. The quantitative estimate of drug-likeness (QED) is 0.675. The highest BCUT2D eigenvalue weighted by Gasteiger charge is 2.16. The fourth-order valence-corrected chi connectivity index (χ4v) is 3.38. The summed E-state index contributed by atoms with van der Waals surface area (Å²) in [6.07, 6.45) is 6.57. The van der Waals surface area contributed by atoms with Gasteiger partial charge >= 0.3 is 0 Å². The van der Waals surface area contributed by atoms with E-state index in [9.17, 15) is 8.42 Å². The maximum Gasteiger partial charge on any atom is 0.242 e. The minimum absolute atomic E-state index is 0.166. The largest absolute Gasteiger partial charge is 0.390 e. The summed E-state index contributed by atoms with van der Waals surface area (Å²) in [6, 6.07) is 1.50. The van der Waals surface area contributed by atoms with Gasteiger partial charge in [0, 0.05) is 25.5 Å². The highest BCUT2D eigenvalue weighted by Crippen LogP contribution is 2.13. The van der Waals surface area contributed by atoms with Crippen LogP contribution in [0.3, 0.4) is 0 Å². The molecule has 0 bridgehead atoms. The third-order valence-electron chi connectivity index (χ3n) is 2.87. The first-order chi connectivity index (χ1) is 9.01. The average Bonchev–Trinajstić information content (AvgIpc) is 2.76. The number of unbranched alkanes of at least 4 members (excludes halogenated alkanes) is 2. The number of aliphatic hydroxyl groups excluding tert-OH is 1. The normalized spacial score (nSPS) is 11.9. The van der Waals surface area contributed by atoms with E-state index in [0.29, 0.717) is 12.2 Å². The monoisotopic (exact) mass is 306 g/mol. The molecule has 1 aromatic heterocycles. The van der Waals surface area contributed by atoms with Gasteiger partial charge in [-0.2, -0.15) is 11.8 Å². The Hall–Kier alpha value is -0.500. The lowest BCUT2D eigenvalue weighted by molar-refractivity contribution is 0.272. The molecular weight excluding hydrogens is 284 g/mol. The number of nitrogens with zero attached hydrogens (tertiary/aromatic N) is 1. The number of hydrogen-bond acceptors (Lipinski definition) is 4. The van der Waals surface area contributed by atoms with Gasteiger partial charge in [-0.15, -0.1) is 0 Å². The lowest BCUT2D eigenvalue weighted by atomic mass is 10.2. The van der Waals surface area contributed by atoms with E-state index in [2.05, 4.69) is 11.0 Å². The van der Waals surface area contributed by atoms with Crippen LogP contribution in [-0.4, -0.2) is 36.6 Å². The fraction of sp³-hybridized carbons (Fsp3) is 0.667. The summed E-state index contributed by atoms with van der Waals surface area (Å²) in [4.78, 5) is 0.211. The molecule has 0 saturated carbocycles. The number of hydrogen-bond donors (Lipinski definition) is 2. The molecule has 0 amide bonds. The first-order valence-corrected chi connectivity index (χ1v) is 9.13. The molecule has 1 heterocycles. The number of rotatable bonds is 9. The number of sulfonamides is 1. The maximum atomic E-state index is 12.0. The van der Waals surface area contributed by atoms with Crippen LogP contribution in [0.1, 0.15) is 25.0 Å². The first-order valence-electron chi connectivity index (χ1n) is 6.26. The zero-order valence-corrected chi connectivity index (χ0v) is 13.1. The van der Waals surface area contributed by atoms with E-state index in [-0.39, 0.29) is 11.5 Å². The van der Waals surface area contributed by atoms with E-state index in [4.69, 9.17) is 5.11 Å². The Morgan fingerprint density at radius 1 is 1.37 bits per heavy atom. The van der Waals surface area contributed by atoms with Crippen LogP contribution >= 0.6 is 11.8 Å². The summed E-state index contributed by atoms with van der Waals surface area (Å²) in [7, 11) is -1.74. The molecule has 0 spiro atoms. The second-order valence-electron chi connectivity index (χ2n) is 4.39. The lowest BCUT2D eigenvalue weighted by Gasteiger charge is -2.04. The Labute approximate surface area is 119 Å². The van der Waals surface area contributed by atoms with Crippen molar-refractivity contribution in [2.75, 3.05) is 18.6 Å². The second-order valence-corrected chi connectivity index (χ2v) is 7.14. The van der Waals surface area contributed by atoms with Gasteiger partial charge in [-0.3, -0.25) is 0 Å². The summed E-state index contributed by atoms with van der Waals surface area (Å²) in [6.45, 7) is 0.292. The molecule has 2 N–H and O–H groups in total. The molecule has 0 aliphatic heterocycles. The van der Waals surface area contributed by atoms with Crippen LogP contribution in [-0.2, 0) is 23.7 Å². The van der Waals surface area contributed by atoms with Gasteiger partial charge in [0.1, 0.15) is 0 Å². The standard InChI is InChI=1S/C12H22N2O3S2/c1-14-9-12(8-11(14)10-15)19(16,17)13-6-4-3-5-7-18-2/h8-9,13,15H,3-7,10H2,1-2H3. The molecule has 0 aliphatic rings. The molecule has 1 aromatic rings. The van der Waals surface area contributed by atoms with Crippen molar-refractivity contribution in [1.29, 1.82) is 0 Å². The lowest BCUT2D eigenvalue weighted by Crippen LogP contribution is -2.24. The molecule has 0 aliphatic carbocycles. The minimum atomic E-state index is -3.45. The van der Waals surface area contributed by atoms with E-state index < -0.39 is 10.0 Å². The molecule has 0 unspecified atom stereocenters. The van der Waals surface area contributed by atoms with Crippen molar-refractivity contribution in [3.05, 3.63) is 18.0 Å². The highest BCUT2D eigenvalue weighted by atomic mass is 32.2.